The highest BCUT2D eigenvalue weighted by molar-refractivity contribution is 4.84. The average molecular weight is 168 g/mol. The van der Waals surface area contributed by atoms with Crippen molar-refractivity contribution in [3.05, 3.63) is 12.7 Å². The van der Waals surface area contributed by atoms with E-state index in [0.717, 1.165) is 13.0 Å². The number of nitrogens with zero attached hydrogens (tertiary/aromatic N) is 1. The van der Waals surface area contributed by atoms with Gasteiger partial charge in [0.15, 0.2) is 0 Å². The first-order chi connectivity index (χ1) is 5.81. The number of nitrogens with one attached hydrogen (secondary N) is 1. The molecular formula is C9H16N2O. The molecule has 1 atom stereocenters. The number of hydrogen-bond donors (Lipinski definition) is 1. The molecule has 0 aromatic carbocycles. The molecule has 0 bridgehead atoms. The molecule has 68 valence electrons. The van der Waals surface area contributed by atoms with E-state index in [-0.39, 0.29) is 6.04 Å². The van der Waals surface area contributed by atoms with Gasteiger partial charge in [0.05, 0.1) is 25.3 Å². The van der Waals surface area contributed by atoms with Gasteiger partial charge in [-0.1, -0.05) is 6.08 Å². The Balaban J connectivity index is 3.01. The SMILES string of the molecule is C=CCCOCCNC(C)C#N. The Morgan fingerprint density at radius 2 is 2.42 bits per heavy atom. The van der Waals surface area contributed by atoms with Gasteiger partial charge >= 0.3 is 0 Å². The lowest BCUT2D eigenvalue weighted by atomic mass is 10.4. The van der Waals surface area contributed by atoms with Gasteiger partial charge in [-0.3, -0.25) is 5.32 Å². The molecule has 1 N–H and O–H groups in total. The Kier molecular flexibility index (Phi) is 7.66. The van der Waals surface area contributed by atoms with E-state index in [4.69, 9.17) is 10.00 Å². The minimum atomic E-state index is -0.0898. The molecule has 0 aliphatic rings. The van der Waals surface area contributed by atoms with Crippen LogP contribution in [-0.2, 0) is 4.74 Å². The minimum Gasteiger partial charge on any atom is -0.380 e. The second-order valence-electron chi connectivity index (χ2n) is 2.49. The molecular weight excluding hydrogens is 152 g/mol. The van der Waals surface area contributed by atoms with Crippen LogP contribution in [0.4, 0.5) is 0 Å². The van der Waals surface area contributed by atoms with Gasteiger partial charge < -0.3 is 4.74 Å². The van der Waals surface area contributed by atoms with Crippen molar-refractivity contribution in [2.45, 2.75) is 19.4 Å². The average Bonchev–Trinajstić information content (AvgIpc) is 2.10. The van der Waals surface area contributed by atoms with Crippen LogP contribution in [0.5, 0.6) is 0 Å². The van der Waals surface area contributed by atoms with E-state index >= 15 is 0 Å². The third-order valence-electron chi connectivity index (χ3n) is 1.36. The molecule has 0 heterocycles. The summed E-state index contributed by atoms with van der Waals surface area (Å²) in [4.78, 5) is 0. The summed E-state index contributed by atoms with van der Waals surface area (Å²) in [5.41, 5.74) is 0. The van der Waals surface area contributed by atoms with Crippen LogP contribution in [0.1, 0.15) is 13.3 Å². The summed E-state index contributed by atoms with van der Waals surface area (Å²) in [6.07, 6.45) is 2.71. The van der Waals surface area contributed by atoms with E-state index in [1.54, 1.807) is 0 Å². The number of hydrogen-bond acceptors (Lipinski definition) is 3. The Morgan fingerprint density at radius 3 is 3.00 bits per heavy atom. The molecule has 0 aliphatic carbocycles. The fourth-order valence-corrected chi connectivity index (χ4v) is 0.662. The van der Waals surface area contributed by atoms with Crippen LogP contribution in [0.3, 0.4) is 0 Å². The van der Waals surface area contributed by atoms with E-state index in [1.807, 2.05) is 13.0 Å². The van der Waals surface area contributed by atoms with Crippen molar-refractivity contribution in [3.63, 3.8) is 0 Å². The first-order valence-electron chi connectivity index (χ1n) is 4.13. The summed E-state index contributed by atoms with van der Waals surface area (Å²) in [5, 5.41) is 11.4. The van der Waals surface area contributed by atoms with Gasteiger partial charge in [-0.15, -0.1) is 6.58 Å². The summed E-state index contributed by atoms with van der Waals surface area (Å²) in [6.45, 7) is 7.50. The molecule has 0 fully saturated rings. The highest BCUT2D eigenvalue weighted by atomic mass is 16.5. The van der Waals surface area contributed by atoms with Crippen LogP contribution >= 0.6 is 0 Å². The zero-order valence-electron chi connectivity index (χ0n) is 7.55. The Hall–Kier alpha value is -0.850. The predicted molar refractivity (Wildman–Crippen MR) is 48.7 cm³/mol. The Morgan fingerprint density at radius 1 is 1.67 bits per heavy atom. The normalized spacial score (nSPS) is 12.0. The number of nitriles is 1. The smallest absolute Gasteiger partial charge is 0.0925 e. The van der Waals surface area contributed by atoms with E-state index in [9.17, 15) is 0 Å². The van der Waals surface area contributed by atoms with E-state index in [1.165, 1.54) is 0 Å². The number of rotatable bonds is 7. The molecule has 0 rings (SSSR count). The van der Waals surface area contributed by atoms with Crippen molar-refractivity contribution >= 4 is 0 Å². The fourth-order valence-electron chi connectivity index (χ4n) is 0.662. The summed E-state index contributed by atoms with van der Waals surface area (Å²) in [5.74, 6) is 0. The molecule has 0 saturated heterocycles. The molecule has 12 heavy (non-hydrogen) atoms. The molecule has 0 aromatic rings. The van der Waals surface area contributed by atoms with Crippen LogP contribution in [-0.4, -0.2) is 25.8 Å². The molecule has 0 aromatic heterocycles. The molecule has 3 heteroatoms. The maximum atomic E-state index is 8.41. The van der Waals surface area contributed by atoms with Gasteiger partial charge in [0.2, 0.25) is 0 Å². The second kappa shape index (κ2) is 8.25. The lowest BCUT2D eigenvalue weighted by Crippen LogP contribution is -2.28. The van der Waals surface area contributed by atoms with E-state index in [2.05, 4.69) is 18.0 Å². The van der Waals surface area contributed by atoms with Crippen LogP contribution in [0.15, 0.2) is 12.7 Å². The highest BCUT2D eigenvalue weighted by Crippen LogP contribution is 1.82. The molecule has 0 saturated carbocycles. The van der Waals surface area contributed by atoms with Gasteiger partial charge in [0.1, 0.15) is 0 Å². The largest absolute Gasteiger partial charge is 0.380 e. The topological polar surface area (TPSA) is 45.0 Å². The van der Waals surface area contributed by atoms with E-state index in [0.29, 0.717) is 13.2 Å². The van der Waals surface area contributed by atoms with Crippen molar-refractivity contribution in [1.29, 1.82) is 5.26 Å². The highest BCUT2D eigenvalue weighted by Gasteiger charge is 1.95. The quantitative estimate of drug-likeness (QED) is 0.457. The summed E-state index contributed by atoms with van der Waals surface area (Å²) >= 11 is 0. The molecule has 1 unspecified atom stereocenters. The molecule has 0 radical (unpaired) electrons. The predicted octanol–water partition coefficient (Wildman–Crippen LogP) is 1.08. The van der Waals surface area contributed by atoms with Gasteiger partial charge in [-0.2, -0.15) is 5.26 Å². The summed E-state index contributed by atoms with van der Waals surface area (Å²) in [6, 6.07) is 1.99. The van der Waals surface area contributed by atoms with Crippen molar-refractivity contribution in [1.82, 2.24) is 5.32 Å². The zero-order chi connectivity index (χ0) is 9.23. The maximum Gasteiger partial charge on any atom is 0.0925 e. The molecule has 0 spiro atoms. The number of ether oxygens (including phenoxy) is 1. The Labute approximate surface area is 74.0 Å². The Bertz CT molecular complexity index is 151. The third kappa shape index (κ3) is 7.26. The zero-order valence-corrected chi connectivity index (χ0v) is 7.55. The monoisotopic (exact) mass is 168 g/mol. The van der Waals surface area contributed by atoms with Crippen molar-refractivity contribution in [3.8, 4) is 6.07 Å². The van der Waals surface area contributed by atoms with Crippen LogP contribution in [0.25, 0.3) is 0 Å². The van der Waals surface area contributed by atoms with Gasteiger partial charge in [0, 0.05) is 6.54 Å². The summed E-state index contributed by atoms with van der Waals surface area (Å²) in [7, 11) is 0. The van der Waals surface area contributed by atoms with Crippen LogP contribution < -0.4 is 5.32 Å². The fraction of sp³-hybridized carbons (Fsp3) is 0.667. The molecule has 0 aliphatic heterocycles. The first-order valence-corrected chi connectivity index (χ1v) is 4.13. The molecule has 3 nitrogen and oxygen atoms in total. The van der Waals surface area contributed by atoms with Gasteiger partial charge in [-0.05, 0) is 13.3 Å². The lowest BCUT2D eigenvalue weighted by molar-refractivity contribution is 0.140. The third-order valence-corrected chi connectivity index (χ3v) is 1.36. The van der Waals surface area contributed by atoms with Crippen molar-refractivity contribution in [2.24, 2.45) is 0 Å². The molecule has 0 amide bonds. The second-order valence-corrected chi connectivity index (χ2v) is 2.49. The summed E-state index contributed by atoms with van der Waals surface area (Å²) < 4.78 is 5.23. The van der Waals surface area contributed by atoms with Crippen molar-refractivity contribution in [2.75, 3.05) is 19.8 Å². The van der Waals surface area contributed by atoms with Gasteiger partial charge in [-0.25, -0.2) is 0 Å². The maximum absolute atomic E-state index is 8.41. The minimum absolute atomic E-state index is 0.0898. The lowest BCUT2D eigenvalue weighted by Gasteiger charge is -2.05. The van der Waals surface area contributed by atoms with E-state index < -0.39 is 0 Å². The van der Waals surface area contributed by atoms with Gasteiger partial charge in [0.25, 0.3) is 0 Å². The van der Waals surface area contributed by atoms with Crippen LogP contribution in [0.2, 0.25) is 0 Å². The standard InChI is InChI=1S/C9H16N2O/c1-3-4-6-12-7-5-11-9(2)8-10/h3,9,11H,1,4-7H2,2H3. The first kappa shape index (κ1) is 11.2. The van der Waals surface area contributed by atoms with Crippen LogP contribution in [0, 0.1) is 11.3 Å². The van der Waals surface area contributed by atoms with Crippen molar-refractivity contribution < 1.29 is 4.74 Å².